The summed E-state index contributed by atoms with van der Waals surface area (Å²) in [7, 11) is 0. The van der Waals surface area contributed by atoms with Crippen molar-refractivity contribution in [3.05, 3.63) is 89.5 Å². The standard InChI is InChI=1S/C25H26N2O4/c28-25(29)23-16-21(8-11-24(23)27-12-14-30-15-13-27)26-17-19-6-9-22(10-7-19)31-18-20-4-2-1-3-5-20/h1-11,16,26H,12-15,17-18H2,(H,28,29)/p-1. The van der Waals surface area contributed by atoms with E-state index >= 15 is 0 Å². The Balaban J connectivity index is 1.36. The molecule has 4 rings (SSSR count). The average Bonchev–Trinajstić information content (AvgIpc) is 2.83. The van der Waals surface area contributed by atoms with Gasteiger partial charge in [0.25, 0.3) is 0 Å². The van der Waals surface area contributed by atoms with E-state index in [2.05, 4.69) is 5.32 Å². The zero-order chi connectivity index (χ0) is 21.5. The van der Waals surface area contributed by atoms with E-state index in [1.165, 1.54) is 0 Å². The van der Waals surface area contributed by atoms with Gasteiger partial charge >= 0.3 is 0 Å². The molecule has 1 aliphatic heterocycles. The molecule has 3 aromatic rings. The normalized spacial score (nSPS) is 13.6. The summed E-state index contributed by atoms with van der Waals surface area (Å²) in [6, 6.07) is 23.3. The molecule has 0 saturated carbocycles. The minimum Gasteiger partial charge on any atom is -0.545 e. The lowest BCUT2D eigenvalue weighted by molar-refractivity contribution is -0.254. The van der Waals surface area contributed by atoms with E-state index in [1.54, 1.807) is 6.07 Å². The second-order valence-electron chi connectivity index (χ2n) is 7.39. The smallest absolute Gasteiger partial charge is 0.119 e. The number of rotatable bonds is 8. The first kappa shape index (κ1) is 20.8. The number of nitrogens with zero attached hydrogens (tertiary/aromatic N) is 1. The maximum atomic E-state index is 11.7. The quantitative estimate of drug-likeness (QED) is 0.607. The predicted octanol–water partition coefficient (Wildman–Crippen LogP) is 3.08. The van der Waals surface area contributed by atoms with Gasteiger partial charge in [-0.1, -0.05) is 42.5 Å². The maximum absolute atomic E-state index is 11.7. The highest BCUT2D eigenvalue weighted by atomic mass is 16.5. The first-order valence-corrected chi connectivity index (χ1v) is 10.4. The zero-order valence-corrected chi connectivity index (χ0v) is 17.3. The highest BCUT2D eigenvalue weighted by molar-refractivity contribution is 5.94. The van der Waals surface area contributed by atoms with E-state index in [0.29, 0.717) is 45.1 Å². The van der Waals surface area contributed by atoms with E-state index in [9.17, 15) is 9.90 Å². The van der Waals surface area contributed by atoms with Gasteiger partial charge in [-0.05, 0) is 41.5 Å². The molecule has 0 aromatic heterocycles. The van der Waals surface area contributed by atoms with E-state index in [1.807, 2.05) is 71.6 Å². The number of morpholine rings is 1. The van der Waals surface area contributed by atoms with Crippen molar-refractivity contribution in [1.29, 1.82) is 0 Å². The minimum atomic E-state index is -1.18. The number of anilines is 2. The Morgan fingerprint density at radius 2 is 1.71 bits per heavy atom. The molecule has 0 radical (unpaired) electrons. The fraction of sp³-hybridized carbons (Fsp3) is 0.240. The number of ether oxygens (including phenoxy) is 2. The highest BCUT2D eigenvalue weighted by Gasteiger charge is 2.15. The van der Waals surface area contributed by atoms with Crippen LogP contribution in [0.5, 0.6) is 5.75 Å². The third kappa shape index (κ3) is 5.55. The van der Waals surface area contributed by atoms with Crippen LogP contribution in [-0.2, 0) is 17.9 Å². The molecule has 1 heterocycles. The SMILES string of the molecule is O=C([O-])c1cc(NCc2ccc(OCc3ccccc3)cc2)ccc1N1CCOCC1. The molecule has 0 spiro atoms. The molecule has 1 N–H and O–H groups in total. The van der Waals surface area contributed by atoms with Gasteiger partial charge in [-0.25, -0.2) is 0 Å². The van der Waals surface area contributed by atoms with Crippen molar-refractivity contribution in [2.45, 2.75) is 13.2 Å². The van der Waals surface area contributed by atoms with Gasteiger partial charge in [0.15, 0.2) is 0 Å². The molecule has 1 fully saturated rings. The van der Waals surface area contributed by atoms with Crippen molar-refractivity contribution in [2.24, 2.45) is 0 Å². The number of carbonyl (C=O) groups excluding carboxylic acids is 1. The Kier molecular flexibility index (Phi) is 6.69. The molecular weight excluding hydrogens is 392 g/mol. The summed E-state index contributed by atoms with van der Waals surface area (Å²) < 4.78 is 11.2. The molecule has 3 aromatic carbocycles. The number of hydrogen-bond acceptors (Lipinski definition) is 6. The molecular formula is C25H25N2O4-. The lowest BCUT2D eigenvalue weighted by Gasteiger charge is -2.31. The van der Waals surface area contributed by atoms with Gasteiger partial charge in [0, 0.05) is 36.6 Å². The number of nitrogens with one attached hydrogen (secondary N) is 1. The largest absolute Gasteiger partial charge is 0.545 e. The third-order valence-corrected chi connectivity index (χ3v) is 5.24. The van der Waals surface area contributed by atoms with Crippen molar-refractivity contribution in [2.75, 3.05) is 36.5 Å². The average molecular weight is 417 g/mol. The topological polar surface area (TPSA) is 73.9 Å². The van der Waals surface area contributed by atoms with Gasteiger partial charge < -0.3 is 29.6 Å². The molecule has 0 atom stereocenters. The summed E-state index contributed by atoms with van der Waals surface area (Å²) in [5.74, 6) is -0.369. The summed E-state index contributed by atoms with van der Waals surface area (Å²) in [4.78, 5) is 13.7. The zero-order valence-electron chi connectivity index (χ0n) is 17.3. The van der Waals surface area contributed by atoms with Crippen LogP contribution in [0.4, 0.5) is 11.4 Å². The van der Waals surface area contributed by atoms with Crippen LogP contribution in [0.15, 0.2) is 72.8 Å². The Morgan fingerprint density at radius 1 is 0.968 bits per heavy atom. The highest BCUT2D eigenvalue weighted by Crippen LogP contribution is 2.25. The van der Waals surface area contributed by atoms with Crippen LogP contribution in [0.25, 0.3) is 0 Å². The van der Waals surface area contributed by atoms with Crippen molar-refractivity contribution < 1.29 is 19.4 Å². The van der Waals surface area contributed by atoms with Gasteiger partial charge in [0.05, 0.1) is 19.2 Å². The second-order valence-corrected chi connectivity index (χ2v) is 7.39. The number of carbonyl (C=O) groups is 1. The number of hydrogen-bond donors (Lipinski definition) is 1. The summed E-state index contributed by atoms with van der Waals surface area (Å²) >= 11 is 0. The first-order chi connectivity index (χ1) is 15.2. The molecule has 1 aliphatic rings. The number of aromatic carboxylic acids is 1. The summed E-state index contributed by atoms with van der Waals surface area (Å²) in [5, 5.41) is 15.0. The lowest BCUT2D eigenvalue weighted by atomic mass is 10.1. The Morgan fingerprint density at radius 3 is 2.42 bits per heavy atom. The van der Waals surface area contributed by atoms with Gasteiger partial charge in [-0.3, -0.25) is 0 Å². The van der Waals surface area contributed by atoms with Gasteiger partial charge in [0.1, 0.15) is 12.4 Å². The lowest BCUT2D eigenvalue weighted by Crippen LogP contribution is -2.38. The molecule has 1 saturated heterocycles. The van der Waals surface area contributed by atoms with E-state index in [-0.39, 0.29) is 5.56 Å². The van der Waals surface area contributed by atoms with Crippen LogP contribution < -0.4 is 20.1 Å². The van der Waals surface area contributed by atoms with Crippen LogP contribution in [0.3, 0.4) is 0 Å². The number of carboxylic acid groups (broad SMARTS) is 1. The molecule has 160 valence electrons. The van der Waals surface area contributed by atoms with Crippen LogP contribution in [0, 0.1) is 0 Å². The third-order valence-electron chi connectivity index (χ3n) is 5.24. The molecule has 0 aliphatic carbocycles. The predicted molar refractivity (Wildman–Crippen MR) is 118 cm³/mol. The fourth-order valence-corrected chi connectivity index (χ4v) is 3.54. The fourth-order valence-electron chi connectivity index (χ4n) is 3.54. The van der Waals surface area contributed by atoms with Crippen LogP contribution in [0.1, 0.15) is 21.5 Å². The summed E-state index contributed by atoms with van der Waals surface area (Å²) in [5.41, 5.74) is 3.79. The molecule has 0 amide bonds. The first-order valence-electron chi connectivity index (χ1n) is 10.4. The van der Waals surface area contributed by atoms with Crippen molar-refractivity contribution in [3.63, 3.8) is 0 Å². The summed E-state index contributed by atoms with van der Waals surface area (Å²) in [6.07, 6.45) is 0. The van der Waals surface area contributed by atoms with E-state index in [4.69, 9.17) is 9.47 Å². The van der Waals surface area contributed by atoms with Crippen LogP contribution in [-0.4, -0.2) is 32.3 Å². The van der Waals surface area contributed by atoms with Crippen molar-refractivity contribution in [3.8, 4) is 5.75 Å². The Bertz CT molecular complexity index is 1000. The second kappa shape index (κ2) is 10.00. The van der Waals surface area contributed by atoms with Crippen LogP contribution >= 0.6 is 0 Å². The van der Waals surface area contributed by atoms with E-state index in [0.717, 1.165) is 22.6 Å². The molecule has 6 heteroatoms. The molecule has 0 unspecified atom stereocenters. The Hall–Kier alpha value is -3.51. The molecule has 6 nitrogen and oxygen atoms in total. The minimum absolute atomic E-state index is 0.191. The molecule has 31 heavy (non-hydrogen) atoms. The van der Waals surface area contributed by atoms with Crippen molar-refractivity contribution >= 4 is 17.3 Å². The number of carboxylic acids is 1. The van der Waals surface area contributed by atoms with Crippen LogP contribution in [0.2, 0.25) is 0 Å². The van der Waals surface area contributed by atoms with Gasteiger partial charge in [-0.15, -0.1) is 0 Å². The maximum Gasteiger partial charge on any atom is 0.119 e. The summed E-state index contributed by atoms with van der Waals surface area (Å²) in [6.45, 7) is 3.63. The number of benzene rings is 3. The van der Waals surface area contributed by atoms with E-state index < -0.39 is 5.97 Å². The Labute approximate surface area is 182 Å². The van der Waals surface area contributed by atoms with Gasteiger partial charge in [0.2, 0.25) is 0 Å². The van der Waals surface area contributed by atoms with Crippen molar-refractivity contribution in [1.82, 2.24) is 0 Å². The van der Waals surface area contributed by atoms with Gasteiger partial charge in [-0.2, -0.15) is 0 Å². The monoisotopic (exact) mass is 417 g/mol. The molecule has 0 bridgehead atoms.